The van der Waals surface area contributed by atoms with Gasteiger partial charge in [-0.05, 0) is 43.1 Å². The largest absolute Gasteiger partial charge is 0.483 e. The third-order valence-electron chi connectivity index (χ3n) is 2.56. The molecule has 0 radical (unpaired) electrons. The lowest BCUT2D eigenvalue weighted by Gasteiger charge is -2.15. The van der Waals surface area contributed by atoms with Gasteiger partial charge in [0.25, 0.3) is 5.91 Å². The van der Waals surface area contributed by atoms with E-state index in [0.29, 0.717) is 18.7 Å². The van der Waals surface area contributed by atoms with Gasteiger partial charge < -0.3 is 15.8 Å². The number of amides is 1. The van der Waals surface area contributed by atoms with Crippen molar-refractivity contribution in [2.75, 3.05) is 19.7 Å². The van der Waals surface area contributed by atoms with Gasteiger partial charge in [0.2, 0.25) is 0 Å². The van der Waals surface area contributed by atoms with Gasteiger partial charge in [-0.15, -0.1) is 0 Å². The lowest BCUT2D eigenvalue weighted by molar-refractivity contribution is -0.139. The van der Waals surface area contributed by atoms with Gasteiger partial charge in [-0.25, -0.2) is 0 Å². The van der Waals surface area contributed by atoms with Crippen LogP contribution in [0.4, 0.5) is 13.2 Å². The molecule has 1 aromatic carbocycles. The van der Waals surface area contributed by atoms with Crippen LogP contribution in [0.1, 0.15) is 11.1 Å². The Morgan fingerprint density at radius 3 is 2.67 bits per heavy atom. The Hall–Kier alpha value is -1.28. The van der Waals surface area contributed by atoms with Crippen LogP contribution in [0.5, 0.6) is 5.75 Å². The van der Waals surface area contributed by atoms with Crippen LogP contribution in [0.25, 0.3) is 0 Å². The van der Waals surface area contributed by atoms with Crippen LogP contribution in [-0.4, -0.2) is 31.8 Å². The zero-order valence-electron chi connectivity index (χ0n) is 11.4. The number of carbonyl (C=O) groups is 1. The molecule has 0 aromatic heterocycles. The predicted molar refractivity (Wildman–Crippen MR) is 76.2 cm³/mol. The number of hydrogen-bond donors (Lipinski definition) is 2. The number of nitrogens with two attached hydrogens (primary N) is 1. The lowest BCUT2D eigenvalue weighted by Crippen LogP contribution is -2.36. The third-order valence-corrected chi connectivity index (χ3v) is 3.02. The third kappa shape index (κ3) is 6.34. The molecule has 0 fully saturated rings. The van der Waals surface area contributed by atoms with Gasteiger partial charge >= 0.3 is 6.18 Å². The van der Waals surface area contributed by atoms with Crippen molar-refractivity contribution in [3.8, 4) is 5.75 Å². The van der Waals surface area contributed by atoms with Gasteiger partial charge in [0.15, 0.2) is 6.61 Å². The number of aryl methyl sites for hydroxylation is 1. The van der Waals surface area contributed by atoms with E-state index in [-0.39, 0.29) is 0 Å². The summed E-state index contributed by atoms with van der Waals surface area (Å²) >= 11 is 3.34. The first-order valence-electron chi connectivity index (χ1n) is 6.18. The Morgan fingerprint density at radius 1 is 1.43 bits per heavy atom. The van der Waals surface area contributed by atoms with Gasteiger partial charge in [0, 0.05) is 4.47 Å². The molecule has 3 N–H and O–H groups in total. The van der Waals surface area contributed by atoms with E-state index in [2.05, 4.69) is 15.9 Å². The molecule has 0 heterocycles. The Labute approximate surface area is 129 Å². The van der Waals surface area contributed by atoms with Crippen molar-refractivity contribution in [2.45, 2.75) is 19.5 Å². The SMILES string of the molecule is Cc1cc(Br)cc(CCN)c1OCC(=O)NCC(F)(F)F. The van der Waals surface area contributed by atoms with E-state index in [1.165, 1.54) is 0 Å². The van der Waals surface area contributed by atoms with Crippen molar-refractivity contribution >= 4 is 21.8 Å². The summed E-state index contributed by atoms with van der Waals surface area (Å²) in [5.74, 6) is -0.348. The highest BCUT2D eigenvalue weighted by Crippen LogP contribution is 2.28. The second kappa shape index (κ2) is 7.65. The van der Waals surface area contributed by atoms with Crippen LogP contribution in [-0.2, 0) is 11.2 Å². The number of alkyl halides is 3. The molecule has 0 saturated heterocycles. The average molecular weight is 369 g/mol. The first-order valence-corrected chi connectivity index (χ1v) is 6.97. The van der Waals surface area contributed by atoms with Gasteiger partial charge in [-0.1, -0.05) is 15.9 Å². The molecule has 0 bridgehead atoms. The molecule has 4 nitrogen and oxygen atoms in total. The number of nitrogens with one attached hydrogen (secondary N) is 1. The molecule has 118 valence electrons. The molecule has 0 aliphatic heterocycles. The van der Waals surface area contributed by atoms with E-state index in [9.17, 15) is 18.0 Å². The highest BCUT2D eigenvalue weighted by molar-refractivity contribution is 9.10. The lowest BCUT2D eigenvalue weighted by atomic mass is 10.1. The van der Waals surface area contributed by atoms with E-state index in [1.807, 2.05) is 6.07 Å². The zero-order valence-corrected chi connectivity index (χ0v) is 13.0. The summed E-state index contributed by atoms with van der Waals surface area (Å²) in [5.41, 5.74) is 7.08. The normalized spacial score (nSPS) is 11.3. The molecule has 0 aliphatic rings. The van der Waals surface area contributed by atoms with Crippen LogP contribution in [0.15, 0.2) is 16.6 Å². The Bertz CT molecular complexity index is 507. The van der Waals surface area contributed by atoms with Gasteiger partial charge in [0.1, 0.15) is 12.3 Å². The molecule has 1 amide bonds. The summed E-state index contributed by atoms with van der Waals surface area (Å²) in [5, 5.41) is 1.75. The summed E-state index contributed by atoms with van der Waals surface area (Å²) in [7, 11) is 0. The van der Waals surface area contributed by atoms with Crippen LogP contribution in [0, 0.1) is 6.92 Å². The van der Waals surface area contributed by atoms with Crippen LogP contribution < -0.4 is 15.8 Å². The maximum Gasteiger partial charge on any atom is 0.405 e. The zero-order chi connectivity index (χ0) is 16.0. The monoisotopic (exact) mass is 368 g/mol. The van der Waals surface area contributed by atoms with Crippen molar-refractivity contribution < 1.29 is 22.7 Å². The summed E-state index contributed by atoms with van der Waals surface area (Å²) < 4.78 is 42.1. The fraction of sp³-hybridized carbons (Fsp3) is 0.462. The van der Waals surface area contributed by atoms with Crippen molar-refractivity contribution in [1.29, 1.82) is 0 Å². The molecule has 8 heteroatoms. The first-order chi connectivity index (χ1) is 9.73. The molecular formula is C13H16BrF3N2O2. The Kier molecular flexibility index (Phi) is 6.47. The molecule has 21 heavy (non-hydrogen) atoms. The molecule has 0 atom stereocenters. The first kappa shape index (κ1) is 17.8. The average Bonchev–Trinajstić information content (AvgIpc) is 2.34. The molecule has 0 saturated carbocycles. The van der Waals surface area contributed by atoms with Crippen molar-refractivity contribution in [2.24, 2.45) is 5.73 Å². The minimum absolute atomic E-state index is 0.395. The Morgan fingerprint density at radius 2 is 2.10 bits per heavy atom. The smallest absolute Gasteiger partial charge is 0.405 e. The summed E-state index contributed by atoms with van der Waals surface area (Å²) in [6.45, 7) is 0.334. The maximum atomic E-state index is 12.0. The van der Waals surface area contributed by atoms with E-state index in [4.69, 9.17) is 10.5 Å². The second-order valence-corrected chi connectivity index (χ2v) is 5.35. The highest BCUT2D eigenvalue weighted by Gasteiger charge is 2.27. The predicted octanol–water partition coefficient (Wildman–Crippen LogP) is 2.32. The van der Waals surface area contributed by atoms with Crippen molar-refractivity contribution in [3.05, 3.63) is 27.7 Å². The molecule has 1 rings (SSSR count). The quantitative estimate of drug-likeness (QED) is 0.809. The fourth-order valence-corrected chi connectivity index (χ4v) is 2.35. The van der Waals surface area contributed by atoms with Gasteiger partial charge in [-0.3, -0.25) is 4.79 Å². The number of rotatable bonds is 6. The molecule has 0 aliphatic carbocycles. The second-order valence-electron chi connectivity index (χ2n) is 4.43. The van der Waals surface area contributed by atoms with Crippen LogP contribution in [0.3, 0.4) is 0 Å². The highest BCUT2D eigenvalue weighted by atomic mass is 79.9. The van der Waals surface area contributed by atoms with Crippen molar-refractivity contribution in [3.63, 3.8) is 0 Å². The summed E-state index contributed by atoms with van der Waals surface area (Å²) in [6, 6.07) is 3.60. The number of carbonyl (C=O) groups excluding carboxylic acids is 1. The number of ether oxygens (including phenoxy) is 1. The van der Waals surface area contributed by atoms with E-state index < -0.39 is 25.2 Å². The van der Waals surface area contributed by atoms with Crippen LogP contribution >= 0.6 is 15.9 Å². The summed E-state index contributed by atoms with van der Waals surface area (Å²) in [4.78, 5) is 11.3. The fourth-order valence-electron chi connectivity index (χ4n) is 1.73. The molecule has 0 unspecified atom stereocenters. The standard InChI is InChI=1S/C13H16BrF3N2O2/c1-8-4-10(14)5-9(2-3-18)12(8)21-6-11(20)19-7-13(15,16)17/h4-5H,2-3,6-7,18H2,1H3,(H,19,20). The number of benzene rings is 1. The van der Waals surface area contributed by atoms with Gasteiger partial charge in [0.05, 0.1) is 0 Å². The maximum absolute atomic E-state index is 12.0. The topological polar surface area (TPSA) is 64.3 Å². The molecular weight excluding hydrogens is 353 g/mol. The van der Waals surface area contributed by atoms with E-state index in [0.717, 1.165) is 15.6 Å². The van der Waals surface area contributed by atoms with Crippen molar-refractivity contribution in [1.82, 2.24) is 5.32 Å². The van der Waals surface area contributed by atoms with E-state index >= 15 is 0 Å². The Balaban J connectivity index is 2.68. The summed E-state index contributed by atoms with van der Waals surface area (Å²) in [6.07, 6.45) is -3.90. The number of hydrogen-bond acceptors (Lipinski definition) is 3. The van der Waals surface area contributed by atoms with E-state index in [1.54, 1.807) is 18.3 Å². The minimum Gasteiger partial charge on any atom is -0.483 e. The number of halogens is 4. The molecule has 1 aromatic rings. The van der Waals surface area contributed by atoms with Gasteiger partial charge in [-0.2, -0.15) is 13.2 Å². The molecule has 0 spiro atoms. The van der Waals surface area contributed by atoms with Crippen LogP contribution in [0.2, 0.25) is 0 Å². The minimum atomic E-state index is -4.44.